The van der Waals surface area contributed by atoms with E-state index in [1.54, 1.807) is 0 Å². The fraction of sp³-hybridized carbons (Fsp3) is 1.00. The van der Waals surface area contributed by atoms with Crippen LogP contribution < -0.4 is 0 Å². The second-order valence-electron chi connectivity index (χ2n) is 5.21. The molecule has 1 aliphatic heterocycles. The smallest absolute Gasteiger partial charge is 0.425 e. The molecule has 1 fully saturated rings. The Bertz CT molecular complexity index is 291. The molecule has 1 aliphatic rings. The van der Waals surface area contributed by atoms with Gasteiger partial charge in [-0.25, -0.2) is 0 Å². The van der Waals surface area contributed by atoms with Gasteiger partial charge in [0.15, 0.2) is 0 Å². The van der Waals surface area contributed by atoms with Crippen LogP contribution in [-0.2, 0) is 28.4 Å². The zero-order valence-corrected chi connectivity index (χ0v) is 14.2. The second kappa shape index (κ2) is 14.9. The summed E-state index contributed by atoms with van der Waals surface area (Å²) in [5, 5.41) is 36.5. The molecule has 0 saturated carbocycles. The Morgan fingerprint density at radius 2 is 1.24 bits per heavy atom. The van der Waals surface area contributed by atoms with Crippen LogP contribution >= 0.6 is 0 Å². The van der Waals surface area contributed by atoms with Gasteiger partial charge in [-0.1, -0.05) is 0 Å². The highest BCUT2D eigenvalue weighted by atomic mass is 16.6. The number of aliphatic hydroxyl groups excluding tert-OH is 1. The topological polar surface area (TPSA) is 136 Å². The van der Waals surface area contributed by atoms with Crippen LogP contribution in [0.25, 0.3) is 0 Å². The zero-order chi connectivity index (χ0) is 18.3. The fourth-order valence-corrected chi connectivity index (χ4v) is 1.93. The van der Waals surface area contributed by atoms with Crippen molar-refractivity contribution in [3.8, 4) is 0 Å². The minimum Gasteiger partial charge on any atom is -0.425 e. The van der Waals surface area contributed by atoms with Crippen LogP contribution in [0.15, 0.2) is 0 Å². The average Bonchev–Trinajstić information content (AvgIpc) is 2.55. The highest BCUT2D eigenvalue weighted by Crippen LogP contribution is 1.98. The Morgan fingerprint density at radius 1 is 0.720 bits per heavy atom. The number of ether oxygens (including phenoxy) is 6. The third kappa shape index (κ3) is 12.7. The second-order valence-corrected chi connectivity index (χ2v) is 5.21. The zero-order valence-electron chi connectivity index (χ0n) is 14.2. The molecule has 1 rings (SSSR count). The van der Waals surface area contributed by atoms with Gasteiger partial charge in [0.25, 0.3) is 0 Å². The molecule has 2 unspecified atom stereocenters. The quantitative estimate of drug-likeness (QED) is 0.299. The van der Waals surface area contributed by atoms with Gasteiger partial charge in [0.2, 0.25) is 7.28 Å². The lowest BCUT2D eigenvalue weighted by Crippen LogP contribution is -2.39. The molecular formula is C13H27B2O10. The van der Waals surface area contributed by atoms with Gasteiger partial charge in [-0.2, -0.15) is 0 Å². The molecule has 0 aromatic carbocycles. The summed E-state index contributed by atoms with van der Waals surface area (Å²) in [6.07, 6.45) is -1.59. The van der Waals surface area contributed by atoms with Crippen molar-refractivity contribution in [3.63, 3.8) is 0 Å². The van der Waals surface area contributed by atoms with E-state index in [9.17, 15) is 10.0 Å². The molecule has 12 heteroatoms. The summed E-state index contributed by atoms with van der Waals surface area (Å²) < 4.78 is 32.0. The van der Waals surface area contributed by atoms with Crippen LogP contribution in [0.2, 0.25) is 0 Å². The van der Waals surface area contributed by atoms with Crippen LogP contribution in [0, 0.1) is 0 Å². The predicted molar refractivity (Wildman–Crippen MR) is 86.9 cm³/mol. The summed E-state index contributed by atoms with van der Waals surface area (Å²) in [5.74, 6) is 0. The number of aliphatic hydroxyl groups is 2. The van der Waals surface area contributed by atoms with Crippen molar-refractivity contribution in [1.82, 2.24) is 0 Å². The fourth-order valence-electron chi connectivity index (χ4n) is 1.93. The van der Waals surface area contributed by atoms with Gasteiger partial charge in [-0.3, -0.25) is 0 Å². The van der Waals surface area contributed by atoms with Crippen LogP contribution in [0.3, 0.4) is 0 Å². The van der Waals surface area contributed by atoms with E-state index in [1.165, 1.54) is 7.28 Å². The highest BCUT2D eigenvalue weighted by molar-refractivity contribution is 6.42. The van der Waals surface area contributed by atoms with E-state index in [4.69, 9.17) is 38.6 Å². The third-order valence-corrected chi connectivity index (χ3v) is 3.15. The number of hydrogen-bond donors (Lipinski definition) is 4. The summed E-state index contributed by atoms with van der Waals surface area (Å²) in [4.78, 5) is 0. The van der Waals surface area contributed by atoms with E-state index in [-0.39, 0.29) is 39.6 Å². The van der Waals surface area contributed by atoms with Gasteiger partial charge in [0.05, 0.1) is 72.1 Å². The molecule has 10 nitrogen and oxygen atoms in total. The van der Waals surface area contributed by atoms with Gasteiger partial charge in [0, 0.05) is 0 Å². The van der Waals surface area contributed by atoms with Crippen molar-refractivity contribution in [3.05, 3.63) is 0 Å². The molecule has 0 bridgehead atoms. The lowest BCUT2D eigenvalue weighted by atomic mass is 9.71. The Hall–Kier alpha value is -0.270. The lowest BCUT2D eigenvalue weighted by molar-refractivity contribution is -0.0555. The largest absolute Gasteiger partial charge is 0.484 e. The van der Waals surface area contributed by atoms with Crippen molar-refractivity contribution in [2.75, 3.05) is 66.1 Å². The molecule has 4 N–H and O–H groups in total. The molecule has 0 spiro atoms. The van der Waals surface area contributed by atoms with E-state index < -0.39 is 25.3 Å². The SMILES string of the molecule is OB(O)C1COCCOCCOC([B]C(O)O)COCCOCCO1. The average molecular weight is 365 g/mol. The third-order valence-electron chi connectivity index (χ3n) is 3.15. The number of rotatable bonds is 3. The summed E-state index contributed by atoms with van der Waals surface area (Å²) in [6.45, 7) is 2.31. The minimum atomic E-state index is -1.64. The first kappa shape index (κ1) is 22.8. The monoisotopic (exact) mass is 365 g/mol. The molecule has 1 radical (unpaired) electrons. The molecule has 0 aromatic heterocycles. The van der Waals surface area contributed by atoms with Gasteiger partial charge in [0.1, 0.15) is 12.2 Å². The Labute approximate surface area is 148 Å². The first-order chi connectivity index (χ1) is 12.1. The van der Waals surface area contributed by atoms with Crippen molar-refractivity contribution in [2.45, 2.75) is 18.2 Å². The Morgan fingerprint density at radius 3 is 1.84 bits per heavy atom. The summed E-state index contributed by atoms with van der Waals surface area (Å²) >= 11 is 0. The van der Waals surface area contributed by atoms with Crippen molar-refractivity contribution >= 4 is 14.4 Å². The molecule has 0 aromatic rings. The summed E-state index contributed by atoms with van der Waals surface area (Å²) in [6, 6.07) is -1.43. The highest BCUT2D eigenvalue weighted by Gasteiger charge is 2.24. The molecule has 25 heavy (non-hydrogen) atoms. The molecule has 1 saturated heterocycles. The lowest BCUT2D eigenvalue weighted by Gasteiger charge is -2.19. The van der Waals surface area contributed by atoms with E-state index in [2.05, 4.69) is 0 Å². The maximum absolute atomic E-state index is 9.22. The summed E-state index contributed by atoms with van der Waals surface area (Å²) in [5.41, 5.74) is 0. The number of hydrogen-bond acceptors (Lipinski definition) is 10. The molecular weight excluding hydrogens is 338 g/mol. The van der Waals surface area contributed by atoms with Crippen molar-refractivity contribution in [2.24, 2.45) is 0 Å². The van der Waals surface area contributed by atoms with Crippen LogP contribution in [0.5, 0.6) is 0 Å². The van der Waals surface area contributed by atoms with Gasteiger partial charge < -0.3 is 48.7 Å². The van der Waals surface area contributed by atoms with Crippen LogP contribution in [-0.4, -0.2) is 119 Å². The maximum atomic E-state index is 9.22. The standard InChI is InChI=1S/C13H27B2O10/c16-13(17)14-11-9-22-3-1-21-6-8-25-12(15(18)19)10-23-4-2-20-5-7-24-11/h11-13,16-19H,1-10H2. The van der Waals surface area contributed by atoms with Crippen LogP contribution in [0.4, 0.5) is 0 Å². The predicted octanol–water partition coefficient (Wildman–Crippen LogP) is -3.22. The van der Waals surface area contributed by atoms with Crippen molar-refractivity contribution in [1.29, 1.82) is 0 Å². The Kier molecular flexibility index (Phi) is 13.5. The van der Waals surface area contributed by atoms with Crippen LogP contribution in [0.1, 0.15) is 0 Å². The van der Waals surface area contributed by atoms with E-state index in [0.717, 1.165) is 0 Å². The maximum Gasteiger partial charge on any atom is 0.484 e. The normalized spacial score (nSPS) is 26.6. The first-order valence-electron chi connectivity index (χ1n) is 8.21. The Balaban J connectivity index is 2.35. The van der Waals surface area contributed by atoms with Gasteiger partial charge in [-0.15, -0.1) is 0 Å². The first-order valence-corrected chi connectivity index (χ1v) is 8.21. The molecule has 0 amide bonds. The molecule has 2 atom stereocenters. The molecule has 1 heterocycles. The van der Waals surface area contributed by atoms with E-state index in [1.807, 2.05) is 0 Å². The molecule has 0 aliphatic carbocycles. The van der Waals surface area contributed by atoms with Crippen molar-refractivity contribution < 1.29 is 48.7 Å². The summed E-state index contributed by atoms with van der Waals surface area (Å²) in [7, 11) is -0.422. The molecule has 145 valence electrons. The van der Waals surface area contributed by atoms with Gasteiger partial charge in [-0.05, 0) is 0 Å². The van der Waals surface area contributed by atoms with E-state index in [0.29, 0.717) is 26.4 Å². The van der Waals surface area contributed by atoms with E-state index >= 15 is 0 Å². The van der Waals surface area contributed by atoms with Gasteiger partial charge >= 0.3 is 7.12 Å². The minimum absolute atomic E-state index is 0.0199.